The van der Waals surface area contributed by atoms with Gasteiger partial charge in [0.25, 0.3) is 5.91 Å². The average Bonchev–Trinajstić information content (AvgIpc) is 2.36. The summed E-state index contributed by atoms with van der Waals surface area (Å²) in [5.74, 6) is -0.0838. The minimum absolute atomic E-state index is 0.102. The molecule has 1 aromatic rings. The topological polar surface area (TPSA) is 62.3 Å². The van der Waals surface area contributed by atoms with Crippen LogP contribution >= 0.6 is 15.9 Å². The Bertz CT molecular complexity index is 489. The van der Waals surface area contributed by atoms with Crippen LogP contribution in [0.2, 0.25) is 0 Å². The van der Waals surface area contributed by atoms with Gasteiger partial charge in [-0.2, -0.15) is 0 Å². The van der Waals surface area contributed by atoms with E-state index >= 15 is 0 Å². The molecule has 1 N–H and O–H groups in total. The molecule has 0 fully saturated rings. The lowest BCUT2D eigenvalue weighted by Gasteiger charge is -2.23. The summed E-state index contributed by atoms with van der Waals surface area (Å²) in [6.45, 7) is 4.03. The molecule has 0 radical (unpaired) electrons. The summed E-state index contributed by atoms with van der Waals surface area (Å²) < 4.78 is 0.726. The smallest absolute Gasteiger partial charge is 0.253 e. The van der Waals surface area contributed by atoms with Crippen LogP contribution in [0.1, 0.15) is 30.6 Å². The minimum Gasteiger partial charge on any atom is -0.347 e. The number of pyridine rings is 1. The zero-order chi connectivity index (χ0) is 15.3. The molecule has 0 saturated carbocycles. The summed E-state index contributed by atoms with van der Waals surface area (Å²) in [6.07, 6.45) is 3.68. The van der Waals surface area contributed by atoms with Crippen molar-refractivity contribution in [3.8, 4) is 0 Å². The molecule has 6 heteroatoms. The summed E-state index contributed by atoms with van der Waals surface area (Å²) in [4.78, 5) is 29.7. The molecule has 0 aromatic carbocycles. The van der Waals surface area contributed by atoms with Crippen LogP contribution in [0.3, 0.4) is 0 Å². The van der Waals surface area contributed by atoms with Gasteiger partial charge in [0.15, 0.2) is 0 Å². The van der Waals surface area contributed by atoms with Gasteiger partial charge in [-0.25, -0.2) is 0 Å². The van der Waals surface area contributed by atoms with Crippen LogP contribution in [0.15, 0.2) is 22.9 Å². The van der Waals surface area contributed by atoms with E-state index in [-0.39, 0.29) is 11.8 Å². The number of rotatable bonds is 5. The lowest BCUT2D eigenvalue weighted by atomic mass is 10.0. The normalized spacial score (nSPS) is 12.1. The Labute approximate surface area is 127 Å². The number of likely N-dealkylation sites (N-methyl/N-ethyl adjacent to an activating group) is 1. The Morgan fingerprint density at radius 1 is 1.35 bits per heavy atom. The molecule has 0 bridgehead atoms. The van der Waals surface area contributed by atoms with Gasteiger partial charge < -0.3 is 10.2 Å². The van der Waals surface area contributed by atoms with E-state index < -0.39 is 6.04 Å². The summed E-state index contributed by atoms with van der Waals surface area (Å²) in [5, 5.41) is 2.78. The molecule has 0 aliphatic carbocycles. The highest BCUT2D eigenvalue weighted by atomic mass is 79.9. The second-order valence-electron chi connectivity index (χ2n) is 5.28. The molecule has 110 valence electrons. The van der Waals surface area contributed by atoms with E-state index in [0.29, 0.717) is 17.9 Å². The Hall–Kier alpha value is -1.43. The fraction of sp³-hybridized carbons (Fsp3) is 0.500. The van der Waals surface area contributed by atoms with E-state index in [1.54, 1.807) is 26.4 Å². The van der Waals surface area contributed by atoms with Crippen molar-refractivity contribution in [3.63, 3.8) is 0 Å². The molecule has 1 rings (SSSR count). The molecule has 1 aromatic heterocycles. The highest BCUT2D eigenvalue weighted by Crippen LogP contribution is 2.11. The number of aromatic nitrogens is 1. The van der Waals surface area contributed by atoms with E-state index in [9.17, 15) is 9.59 Å². The van der Waals surface area contributed by atoms with E-state index in [2.05, 4.69) is 26.2 Å². The molecular formula is C14H20BrN3O2. The third-order valence-corrected chi connectivity index (χ3v) is 3.15. The first kappa shape index (κ1) is 16.6. The van der Waals surface area contributed by atoms with Crippen molar-refractivity contribution < 1.29 is 9.59 Å². The number of hydrogen-bond donors (Lipinski definition) is 1. The predicted molar refractivity (Wildman–Crippen MR) is 81.3 cm³/mol. The molecular weight excluding hydrogens is 322 g/mol. The quantitative estimate of drug-likeness (QED) is 0.891. The first-order valence-corrected chi connectivity index (χ1v) is 7.23. The van der Waals surface area contributed by atoms with Crippen LogP contribution in [-0.2, 0) is 4.79 Å². The van der Waals surface area contributed by atoms with E-state index in [4.69, 9.17) is 0 Å². The predicted octanol–water partition coefficient (Wildman–Crippen LogP) is 2.08. The second-order valence-corrected chi connectivity index (χ2v) is 6.20. The fourth-order valence-electron chi connectivity index (χ4n) is 1.78. The maximum absolute atomic E-state index is 12.2. The van der Waals surface area contributed by atoms with Crippen LogP contribution in [0.4, 0.5) is 0 Å². The van der Waals surface area contributed by atoms with Gasteiger partial charge >= 0.3 is 0 Å². The number of hydrogen-bond acceptors (Lipinski definition) is 3. The van der Waals surface area contributed by atoms with Gasteiger partial charge in [-0.3, -0.25) is 14.6 Å². The van der Waals surface area contributed by atoms with Crippen molar-refractivity contribution in [2.45, 2.75) is 26.3 Å². The summed E-state index contributed by atoms with van der Waals surface area (Å²) in [6, 6.07) is 1.16. The van der Waals surface area contributed by atoms with Crippen LogP contribution < -0.4 is 5.32 Å². The summed E-state index contributed by atoms with van der Waals surface area (Å²) >= 11 is 3.27. The number of amides is 2. The van der Waals surface area contributed by atoms with Gasteiger partial charge in [-0.05, 0) is 34.3 Å². The van der Waals surface area contributed by atoms with Crippen molar-refractivity contribution in [2.24, 2.45) is 5.92 Å². The number of nitrogens with zero attached hydrogens (tertiary/aromatic N) is 2. The molecule has 0 saturated heterocycles. The van der Waals surface area contributed by atoms with Gasteiger partial charge in [-0.1, -0.05) is 13.8 Å². The van der Waals surface area contributed by atoms with E-state index in [0.717, 1.165) is 4.47 Å². The van der Waals surface area contributed by atoms with E-state index in [1.807, 2.05) is 13.8 Å². The van der Waals surface area contributed by atoms with Gasteiger partial charge in [0.1, 0.15) is 6.04 Å². The molecule has 5 nitrogen and oxygen atoms in total. The van der Waals surface area contributed by atoms with Crippen LogP contribution in [-0.4, -0.2) is 41.8 Å². The lowest BCUT2D eigenvalue weighted by Crippen LogP contribution is -2.46. The highest BCUT2D eigenvalue weighted by molar-refractivity contribution is 9.10. The second kappa shape index (κ2) is 7.38. The Balaban J connectivity index is 2.84. The lowest BCUT2D eigenvalue weighted by molar-refractivity contribution is -0.131. The van der Waals surface area contributed by atoms with Crippen LogP contribution in [0.5, 0.6) is 0 Å². The third-order valence-electron chi connectivity index (χ3n) is 2.72. The highest BCUT2D eigenvalue weighted by Gasteiger charge is 2.23. The first-order valence-electron chi connectivity index (χ1n) is 6.43. The molecule has 0 aliphatic rings. The van der Waals surface area contributed by atoms with Crippen molar-refractivity contribution in [2.75, 3.05) is 14.1 Å². The molecule has 0 unspecified atom stereocenters. The van der Waals surface area contributed by atoms with Crippen molar-refractivity contribution in [3.05, 3.63) is 28.5 Å². The largest absolute Gasteiger partial charge is 0.347 e. The molecule has 2 amide bonds. The first-order chi connectivity index (χ1) is 9.31. The van der Waals surface area contributed by atoms with Gasteiger partial charge in [0.05, 0.1) is 5.56 Å². The number of carbonyl (C=O) groups is 2. The molecule has 20 heavy (non-hydrogen) atoms. The van der Waals surface area contributed by atoms with Crippen molar-refractivity contribution in [1.82, 2.24) is 15.2 Å². The average molecular weight is 342 g/mol. The number of carbonyl (C=O) groups excluding carboxylic acids is 2. The zero-order valence-electron chi connectivity index (χ0n) is 12.2. The third kappa shape index (κ3) is 4.92. The Morgan fingerprint density at radius 3 is 2.50 bits per heavy atom. The van der Waals surface area contributed by atoms with Gasteiger partial charge in [-0.15, -0.1) is 0 Å². The Morgan fingerprint density at radius 2 is 2.00 bits per heavy atom. The van der Waals surface area contributed by atoms with Gasteiger partial charge in [0, 0.05) is 31.0 Å². The fourth-order valence-corrected chi connectivity index (χ4v) is 2.15. The monoisotopic (exact) mass is 341 g/mol. The molecule has 1 heterocycles. The maximum Gasteiger partial charge on any atom is 0.253 e. The number of halogens is 1. The van der Waals surface area contributed by atoms with Crippen LogP contribution in [0, 0.1) is 5.92 Å². The zero-order valence-corrected chi connectivity index (χ0v) is 13.8. The Kier molecular flexibility index (Phi) is 6.13. The SMILES string of the molecule is CC(C)C[C@@H](NC(=O)c1cncc(Br)c1)C(=O)N(C)C. The number of nitrogens with one attached hydrogen (secondary N) is 1. The van der Waals surface area contributed by atoms with E-state index in [1.165, 1.54) is 11.1 Å². The van der Waals surface area contributed by atoms with Crippen molar-refractivity contribution >= 4 is 27.7 Å². The minimum atomic E-state index is -0.517. The maximum atomic E-state index is 12.2. The standard InChI is InChI=1S/C14H20BrN3O2/c1-9(2)5-12(14(20)18(3)4)17-13(19)10-6-11(15)8-16-7-10/h6-9,12H,5H2,1-4H3,(H,17,19)/t12-/m1/s1. The van der Waals surface area contributed by atoms with Crippen LogP contribution in [0.25, 0.3) is 0 Å². The van der Waals surface area contributed by atoms with Gasteiger partial charge in [0.2, 0.25) is 5.91 Å². The van der Waals surface area contributed by atoms with Crippen molar-refractivity contribution in [1.29, 1.82) is 0 Å². The molecule has 0 aliphatic heterocycles. The molecule has 1 atom stereocenters. The summed E-state index contributed by atoms with van der Waals surface area (Å²) in [7, 11) is 3.37. The molecule has 0 spiro atoms. The summed E-state index contributed by atoms with van der Waals surface area (Å²) in [5.41, 5.74) is 0.430.